The van der Waals surface area contributed by atoms with Crippen LogP contribution in [0.2, 0.25) is 0 Å². The van der Waals surface area contributed by atoms with Gasteiger partial charge < -0.3 is 10.3 Å². The lowest BCUT2D eigenvalue weighted by molar-refractivity contribution is -0.113. The molecule has 2 heterocycles. The molecule has 122 valence electrons. The van der Waals surface area contributed by atoms with E-state index < -0.39 is 0 Å². The summed E-state index contributed by atoms with van der Waals surface area (Å²) in [6, 6.07) is 4.04. The van der Waals surface area contributed by atoms with Crippen LogP contribution >= 0.6 is 15.9 Å². The number of pyridine rings is 1. The molecule has 4 atom stereocenters. The summed E-state index contributed by atoms with van der Waals surface area (Å²) in [5.74, 6) is 1.98. The number of hydrogen-bond donors (Lipinski definition) is 2. The highest BCUT2D eigenvalue weighted by atomic mass is 79.9. The van der Waals surface area contributed by atoms with Crippen molar-refractivity contribution in [2.24, 2.45) is 23.2 Å². The highest BCUT2D eigenvalue weighted by Gasteiger charge is 2.56. The van der Waals surface area contributed by atoms with Gasteiger partial charge in [0, 0.05) is 22.1 Å². The molecule has 4 nitrogen and oxygen atoms in total. The van der Waals surface area contributed by atoms with Crippen molar-refractivity contribution >= 4 is 32.9 Å². The van der Waals surface area contributed by atoms with Gasteiger partial charge in [0.15, 0.2) is 0 Å². The van der Waals surface area contributed by atoms with Crippen molar-refractivity contribution in [1.82, 2.24) is 15.3 Å². The van der Waals surface area contributed by atoms with Crippen LogP contribution in [-0.4, -0.2) is 21.9 Å². The smallest absolute Gasteiger partial charge is 0.268 e. The average Bonchev–Trinajstić information content (AvgIpc) is 2.94. The summed E-state index contributed by atoms with van der Waals surface area (Å²) in [6.45, 7) is 7.04. The standard InChI is InChI=1S/C18H22BrN3O/c1-9-12-6-10(18(12,2)3)7-14(9)22-17(23)15-8-11-13(19)4-5-20-16(11)21-15/h4-5,8-10,12,14H,6-7H2,1-3H3,(H,20,21)(H,22,23)/t9-,10+,12-,14-/m0/s1. The third kappa shape index (κ3) is 2.24. The van der Waals surface area contributed by atoms with Gasteiger partial charge in [0.1, 0.15) is 11.3 Å². The number of carbonyl (C=O) groups excluding carboxylic acids is 1. The molecule has 2 aromatic rings. The number of nitrogens with zero attached hydrogens (tertiary/aromatic N) is 1. The van der Waals surface area contributed by atoms with Crippen LogP contribution in [0.25, 0.3) is 11.0 Å². The maximum absolute atomic E-state index is 12.6. The van der Waals surface area contributed by atoms with E-state index in [2.05, 4.69) is 52.0 Å². The molecule has 1 amide bonds. The fourth-order valence-corrected chi connectivity index (χ4v) is 5.12. The van der Waals surface area contributed by atoms with E-state index in [1.807, 2.05) is 12.1 Å². The van der Waals surface area contributed by atoms with Gasteiger partial charge in [-0.05, 0) is 64.1 Å². The number of hydrogen-bond acceptors (Lipinski definition) is 2. The molecule has 2 N–H and O–H groups in total. The monoisotopic (exact) mass is 375 g/mol. The van der Waals surface area contributed by atoms with Crippen molar-refractivity contribution in [3.05, 3.63) is 28.5 Å². The molecule has 0 aliphatic heterocycles. The highest BCUT2D eigenvalue weighted by Crippen LogP contribution is 2.61. The summed E-state index contributed by atoms with van der Waals surface area (Å²) < 4.78 is 0.951. The van der Waals surface area contributed by atoms with Gasteiger partial charge in [-0.2, -0.15) is 0 Å². The zero-order valence-electron chi connectivity index (χ0n) is 13.7. The Kier molecular flexibility index (Phi) is 3.34. The predicted octanol–water partition coefficient (Wildman–Crippen LogP) is 4.13. The molecule has 0 spiro atoms. The van der Waals surface area contributed by atoms with Crippen LogP contribution in [0.3, 0.4) is 0 Å². The molecule has 0 saturated heterocycles. The summed E-state index contributed by atoms with van der Waals surface area (Å²) >= 11 is 3.50. The summed E-state index contributed by atoms with van der Waals surface area (Å²) in [7, 11) is 0. The SMILES string of the molecule is C[C@@H]1[C@@H](NC(=O)c2cc3c(Br)ccnc3[nH]2)C[C@H]2C[C@@H]1C2(C)C. The second kappa shape index (κ2) is 5.07. The lowest BCUT2D eigenvalue weighted by Gasteiger charge is -2.62. The van der Waals surface area contributed by atoms with Crippen molar-refractivity contribution in [3.63, 3.8) is 0 Å². The fourth-order valence-electron chi connectivity index (χ4n) is 4.70. The number of amides is 1. The van der Waals surface area contributed by atoms with Crippen LogP contribution in [0.1, 0.15) is 44.1 Å². The topological polar surface area (TPSA) is 57.8 Å². The number of H-pyrrole nitrogens is 1. The van der Waals surface area contributed by atoms with Crippen LogP contribution in [0.15, 0.2) is 22.8 Å². The Morgan fingerprint density at radius 3 is 2.87 bits per heavy atom. The minimum absolute atomic E-state index is 0.0224. The van der Waals surface area contributed by atoms with Gasteiger partial charge in [-0.3, -0.25) is 4.79 Å². The Balaban J connectivity index is 1.53. The number of carbonyl (C=O) groups is 1. The zero-order valence-corrected chi connectivity index (χ0v) is 15.3. The molecule has 2 aromatic heterocycles. The van der Waals surface area contributed by atoms with Crippen LogP contribution in [-0.2, 0) is 0 Å². The van der Waals surface area contributed by atoms with E-state index in [1.54, 1.807) is 6.20 Å². The first-order valence-corrected chi connectivity index (χ1v) is 9.11. The van der Waals surface area contributed by atoms with Gasteiger partial charge in [-0.1, -0.05) is 20.8 Å². The quantitative estimate of drug-likeness (QED) is 0.828. The van der Waals surface area contributed by atoms with E-state index in [0.29, 0.717) is 17.0 Å². The first kappa shape index (κ1) is 15.2. The second-order valence-corrected chi connectivity index (χ2v) is 8.63. The van der Waals surface area contributed by atoms with Crippen LogP contribution in [0.5, 0.6) is 0 Å². The van der Waals surface area contributed by atoms with Crippen LogP contribution in [0, 0.1) is 23.2 Å². The van der Waals surface area contributed by atoms with Gasteiger partial charge in [-0.15, -0.1) is 0 Å². The van der Waals surface area contributed by atoms with E-state index >= 15 is 0 Å². The molecule has 3 aliphatic carbocycles. The van der Waals surface area contributed by atoms with E-state index in [4.69, 9.17) is 0 Å². The number of nitrogens with one attached hydrogen (secondary N) is 2. The minimum atomic E-state index is -0.0224. The maximum Gasteiger partial charge on any atom is 0.268 e. The van der Waals surface area contributed by atoms with Crippen molar-refractivity contribution in [2.75, 3.05) is 0 Å². The Bertz CT molecular complexity index is 782. The third-order valence-corrected chi connectivity index (χ3v) is 7.09. The van der Waals surface area contributed by atoms with Crippen LogP contribution < -0.4 is 5.32 Å². The molecule has 0 aromatic carbocycles. The molecule has 0 unspecified atom stereocenters. The Morgan fingerprint density at radius 2 is 2.22 bits per heavy atom. The minimum Gasteiger partial charge on any atom is -0.348 e. The van der Waals surface area contributed by atoms with E-state index in [9.17, 15) is 4.79 Å². The highest BCUT2D eigenvalue weighted by molar-refractivity contribution is 9.10. The number of rotatable bonds is 2. The van der Waals surface area contributed by atoms with Crippen LogP contribution in [0.4, 0.5) is 0 Å². The molecule has 2 bridgehead atoms. The molecule has 5 rings (SSSR count). The average molecular weight is 376 g/mol. The molecular weight excluding hydrogens is 354 g/mol. The van der Waals surface area contributed by atoms with E-state index in [0.717, 1.165) is 33.8 Å². The first-order valence-electron chi connectivity index (χ1n) is 8.32. The Hall–Kier alpha value is -1.36. The maximum atomic E-state index is 12.6. The molecule has 3 saturated carbocycles. The molecular formula is C18H22BrN3O. The fraction of sp³-hybridized carbons (Fsp3) is 0.556. The largest absolute Gasteiger partial charge is 0.348 e. The van der Waals surface area contributed by atoms with Gasteiger partial charge in [0.05, 0.1) is 0 Å². The lowest BCUT2D eigenvalue weighted by Crippen LogP contribution is -2.60. The first-order chi connectivity index (χ1) is 10.9. The number of aromatic nitrogens is 2. The van der Waals surface area contributed by atoms with Gasteiger partial charge >= 0.3 is 0 Å². The number of halogens is 1. The van der Waals surface area contributed by atoms with Gasteiger partial charge in [0.25, 0.3) is 5.91 Å². The summed E-state index contributed by atoms with van der Waals surface area (Å²) in [5, 5.41) is 4.19. The van der Waals surface area contributed by atoms with E-state index in [-0.39, 0.29) is 11.9 Å². The summed E-state index contributed by atoms with van der Waals surface area (Å²) in [6.07, 6.45) is 4.14. The second-order valence-electron chi connectivity index (χ2n) is 7.77. The van der Waals surface area contributed by atoms with Crippen molar-refractivity contribution in [2.45, 2.75) is 39.7 Å². The zero-order chi connectivity index (χ0) is 16.4. The Morgan fingerprint density at radius 1 is 1.43 bits per heavy atom. The van der Waals surface area contributed by atoms with Crippen molar-refractivity contribution in [3.8, 4) is 0 Å². The summed E-state index contributed by atoms with van der Waals surface area (Å²) in [5.41, 5.74) is 1.77. The molecule has 5 heteroatoms. The Labute approximate surface area is 144 Å². The molecule has 3 fully saturated rings. The normalized spacial score (nSPS) is 31.7. The van der Waals surface area contributed by atoms with E-state index in [1.165, 1.54) is 6.42 Å². The summed E-state index contributed by atoms with van der Waals surface area (Å²) in [4.78, 5) is 20.0. The van der Waals surface area contributed by atoms with Gasteiger partial charge in [0.2, 0.25) is 0 Å². The van der Waals surface area contributed by atoms with Gasteiger partial charge in [-0.25, -0.2) is 4.98 Å². The predicted molar refractivity (Wildman–Crippen MR) is 94.2 cm³/mol. The third-order valence-electron chi connectivity index (χ3n) is 6.39. The number of fused-ring (bicyclic) bond motifs is 3. The lowest BCUT2D eigenvalue weighted by atomic mass is 9.45. The number of aromatic amines is 1. The molecule has 23 heavy (non-hydrogen) atoms. The van der Waals surface area contributed by atoms with Crippen molar-refractivity contribution in [1.29, 1.82) is 0 Å². The van der Waals surface area contributed by atoms with Crippen molar-refractivity contribution < 1.29 is 4.79 Å². The molecule has 0 radical (unpaired) electrons. The molecule has 3 aliphatic rings.